The first-order valence-electron chi connectivity index (χ1n) is 8.25. The lowest BCUT2D eigenvalue weighted by Gasteiger charge is -2.06. The number of carbonyl (C=O) groups is 1. The van der Waals surface area contributed by atoms with Gasteiger partial charge >= 0.3 is 0 Å². The molecule has 28 heavy (non-hydrogen) atoms. The molecule has 2 N–H and O–H groups in total. The molecule has 0 atom stereocenters. The van der Waals surface area contributed by atoms with Crippen molar-refractivity contribution in [1.82, 2.24) is 10.2 Å². The summed E-state index contributed by atoms with van der Waals surface area (Å²) in [5.74, 6) is 0.411. The fourth-order valence-corrected chi connectivity index (χ4v) is 3.21. The third kappa shape index (κ3) is 4.29. The highest BCUT2D eigenvalue weighted by Gasteiger charge is 2.19. The Morgan fingerprint density at radius 2 is 2.07 bits per heavy atom. The van der Waals surface area contributed by atoms with Crippen LogP contribution in [-0.2, 0) is 5.75 Å². The maximum absolute atomic E-state index is 11.3. The molecule has 144 valence electrons. The zero-order valence-corrected chi connectivity index (χ0v) is 15.6. The standard InChI is InChI=1S/C18H16N4O5S/c1-2-26-15-6-4-3-5-13(15)17-20-21-18(27-17)28-10-12-8-7-11(16(19)23)9-14(12)22(24)25/h3-9H,2,10H2,1H3,(H2,19,23). The van der Waals surface area contributed by atoms with Gasteiger partial charge in [0, 0.05) is 22.9 Å². The number of nitrogens with two attached hydrogens (primary N) is 1. The van der Waals surface area contributed by atoms with Crippen LogP contribution in [0.25, 0.3) is 11.5 Å². The number of benzene rings is 2. The number of nitro groups is 1. The Balaban J connectivity index is 1.78. The molecule has 1 heterocycles. The molecule has 0 fully saturated rings. The van der Waals surface area contributed by atoms with Crippen molar-refractivity contribution in [3.05, 3.63) is 63.7 Å². The Labute approximate surface area is 164 Å². The van der Waals surface area contributed by atoms with Gasteiger partial charge in [0.15, 0.2) is 0 Å². The molecule has 0 radical (unpaired) electrons. The van der Waals surface area contributed by atoms with E-state index >= 15 is 0 Å². The van der Waals surface area contributed by atoms with Crippen molar-refractivity contribution in [3.63, 3.8) is 0 Å². The first-order valence-corrected chi connectivity index (χ1v) is 9.23. The molecule has 0 spiro atoms. The third-order valence-corrected chi connectivity index (χ3v) is 4.61. The number of hydrogen-bond acceptors (Lipinski definition) is 8. The van der Waals surface area contributed by atoms with E-state index in [9.17, 15) is 14.9 Å². The van der Waals surface area contributed by atoms with Gasteiger partial charge in [-0.05, 0) is 25.1 Å². The van der Waals surface area contributed by atoms with Gasteiger partial charge < -0.3 is 14.9 Å². The summed E-state index contributed by atoms with van der Waals surface area (Å²) in [7, 11) is 0. The predicted octanol–water partition coefficient (Wildman–Crippen LogP) is 3.43. The maximum atomic E-state index is 11.3. The van der Waals surface area contributed by atoms with Gasteiger partial charge in [0.2, 0.25) is 5.91 Å². The van der Waals surface area contributed by atoms with Crippen LogP contribution in [0.4, 0.5) is 5.69 Å². The van der Waals surface area contributed by atoms with Gasteiger partial charge in [-0.3, -0.25) is 14.9 Å². The lowest BCUT2D eigenvalue weighted by Crippen LogP contribution is -2.11. The molecular formula is C18H16N4O5S. The predicted molar refractivity (Wildman–Crippen MR) is 102 cm³/mol. The minimum absolute atomic E-state index is 0.0769. The molecule has 0 aliphatic carbocycles. The second-order valence-corrected chi connectivity index (χ2v) is 6.48. The van der Waals surface area contributed by atoms with Gasteiger partial charge in [0.25, 0.3) is 16.8 Å². The van der Waals surface area contributed by atoms with Crippen molar-refractivity contribution in [2.24, 2.45) is 5.73 Å². The van der Waals surface area contributed by atoms with Gasteiger partial charge in [0.1, 0.15) is 5.75 Å². The smallest absolute Gasteiger partial charge is 0.277 e. The second kappa shape index (κ2) is 8.53. The van der Waals surface area contributed by atoms with Crippen LogP contribution < -0.4 is 10.5 Å². The topological polar surface area (TPSA) is 134 Å². The normalized spacial score (nSPS) is 10.6. The Kier molecular flexibility index (Phi) is 5.90. The van der Waals surface area contributed by atoms with E-state index in [1.165, 1.54) is 12.1 Å². The number of aromatic nitrogens is 2. The minimum Gasteiger partial charge on any atom is -0.493 e. The van der Waals surface area contributed by atoms with E-state index in [-0.39, 0.29) is 22.2 Å². The molecule has 0 aliphatic rings. The average molecular weight is 400 g/mol. The number of thioether (sulfide) groups is 1. The highest BCUT2D eigenvalue weighted by Crippen LogP contribution is 2.33. The lowest BCUT2D eigenvalue weighted by atomic mass is 10.1. The van der Waals surface area contributed by atoms with Crippen LogP contribution in [0.3, 0.4) is 0 Å². The van der Waals surface area contributed by atoms with Gasteiger partial charge in [-0.1, -0.05) is 30.0 Å². The third-order valence-electron chi connectivity index (χ3n) is 3.74. The summed E-state index contributed by atoms with van der Waals surface area (Å²) in [6, 6.07) is 11.4. The van der Waals surface area contributed by atoms with E-state index in [0.717, 1.165) is 17.8 Å². The Morgan fingerprint density at radius 1 is 1.29 bits per heavy atom. The summed E-state index contributed by atoms with van der Waals surface area (Å²) in [5, 5.41) is 19.5. The summed E-state index contributed by atoms with van der Waals surface area (Å²) in [4.78, 5) is 21.9. The largest absolute Gasteiger partial charge is 0.493 e. The van der Waals surface area contributed by atoms with Gasteiger partial charge in [-0.25, -0.2) is 0 Å². The summed E-state index contributed by atoms with van der Waals surface area (Å²) >= 11 is 1.15. The van der Waals surface area contributed by atoms with Crippen molar-refractivity contribution in [3.8, 4) is 17.2 Å². The molecule has 2 aromatic carbocycles. The first-order chi connectivity index (χ1) is 13.5. The summed E-state index contributed by atoms with van der Waals surface area (Å²) in [5.41, 5.74) is 6.15. The van der Waals surface area contributed by atoms with Crippen molar-refractivity contribution < 1.29 is 18.9 Å². The van der Waals surface area contributed by atoms with Crippen molar-refractivity contribution in [2.75, 3.05) is 6.61 Å². The minimum atomic E-state index is -0.725. The van der Waals surface area contributed by atoms with Crippen LogP contribution in [-0.4, -0.2) is 27.6 Å². The summed E-state index contributed by atoms with van der Waals surface area (Å²) in [6.45, 7) is 2.38. The molecule has 9 nitrogen and oxygen atoms in total. The van der Waals surface area contributed by atoms with Crippen LogP contribution in [0, 0.1) is 10.1 Å². The van der Waals surface area contributed by atoms with E-state index in [1.807, 2.05) is 19.1 Å². The molecule has 10 heteroatoms. The van der Waals surface area contributed by atoms with E-state index in [4.69, 9.17) is 14.9 Å². The van der Waals surface area contributed by atoms with Crippen molar-refractivity contribution >= 4 is 23.4 Å². The molecule has 1 amide bonds. The molecule has 0 unspecified atom stereocenters. The first kappa shape index (κ1) is 19.4. The Morgan fingerprint density at radius 3 is 2.79 bits per heavy atom. The number of rotatable bonds is 8. The quantitative estimate of drug-likeness (QED) is 0.345. The SMILES string of the molecule is CCOc1ccccc1-c1nnc(SCc2ccc(C(N)=O)cc2[N+](=O)[O-])o1. The van der Waals surface area contributed by atoms with E-state index in [1.54, 1.807) is 12.1 Å². The fraction of sp³-hybridized carbons (Fsp3) is 0.167. The summed E-state index contributed by atoms with van der Waals surface area (Å²) in [6.07, 6.45) is 0. The number of primary amides is 1. The highest BCUT2D eigenvalue weighted by atomic mass is 32.2. The number of nitro benzene ring substituents is 1. The monoisotopic (exact) mass is 400 g/mol. The van der Waals surface area contributed by atoms with Crippen molar-refractivity contribution in [2.45, 2.75) is 17.9 Å². The van der Waals surface area contributed by atoms with Crippen molar-refractivity contribution in [1.29, 1.82) is 0 Å². The number of amides is 1. The molecule has 1 aromatic heterocycles. The fourth-order valence-electron chi connectivity index (χ4n) is 2.45. The lowest BCUT2D eigenvalue weighted by molar-refractivity contribution is -0.385. The van der Waals surface area contributed by atoms with Crippen LogP contribution in [0.2, 0.25) is 0 Å². The van der Waals surface area contributed by atoms with Crippen LogP contribution in [0.15, 0.2) is 52.1 Å². The van der Waals surface area contributed by atoms with Gasteiger partial charge in [0.05, 0.1) is 17.1 Å². The zero-order valence-electron chi connectivity index (χ0n) is 14.8. The Hall–Kier alpha value is -3.40. The molecular weight excluding hydrogens is 384 g/mol. The number of nitrogens with zero attached hydrogens (tertiary/aromatic N) is 3. The van der Waals surface area contributed by atoms with Crippen LogP contribution >= 0.6 is 11.8 Å². The van der Waals surface area contributed by atoms with E-state index in [0.29, 0.717) is 29.4 Å². The Bertz CT molecular complexity index is 1020. The zero-order chi connectivity index (χ0) is 20.1. The molecule has 3 aromatic rings. The van der Waals surface area contributed by atoms with Gasteiger partial charge in [-0.15, -0.1) is 10.2 Å². The van der Waals surface area contributed by atoms with Crippen LogP contribution in [0.5, 0.6) is 5.75 Å². The number of para-hydroxylation sites is 1. The van der Waals surface area contributed by atoms with Gasteiger partial charge in [-0.2, -0.15) is 0 Å². The summed E-state index contributed by atoms with van der Waals surface area (Å²) < 4.78 is 11.2. The van der Waals surface area contributed by atoms with Crippen LogP contribution in [0.1, 0.15) is 22.8 Å². The molecule has 0 aliphatic heterocycles. The van der Waals surface area contributed by atoms with E-state index in [2.05, 4.69) is 10.2 Å². The molecule has 0 saturated carbocycles. The molecule has 0 bridgehead atoms. The second-order valence-electron chi connectivity index (χ2n) is 5.56. The molecule has 0 saturated heterocycles. The number of hydrogen-bond donors (Lipinski definition) is 1. The average Bonchev–Trinajstić information content (AvgIpc) is 3.15. The highest BCUT2D eigenvalue weighted by molar-refractivity contribution is 7.98. The maximum Gasteiger partial charge on any atom is 0.277 e. The number of carbonyl (C=O) groups excluding carboxylic acids is 1. The molecule has 3 rings (SSSR count). The van der Waals surface area contributed by atoms with E-state index < -0.39 is 10.8 Å². The number of ether oxygens (including phenoxy) is 1.